The third kappa shape index (κ3) is 3.73. The number of nitrogens with zero attached hydrogens (tertiary/aromatic N) is 1. The number of primary amides is 1. The lowest BCUT2D eigenvalue weighted by Crippen LogP contribution is -2.46. The molecule has 2 N–H and O–H groups in total. The number of carbonyl (C=O) groups excluding carboxylic acids is 2. The van der Waals surface area contributed by atoms with Crippen molar-refractivity contribution < 1.29 is 9.59 Å². The fourth-order valence-electron chi connectivity index (χ4n) is 3.16. The number of rotatable bonds is 4. The number of amides is 2. The van der Waals surface area contributed by atoms with Crippen molar-refractivity contribution in [2.75, 3.05) is 13.1 Å². The summed E-state index contributed by atoms with van der Waals surface area (Å²) in [6, 6.07) is 14.4. The van der Waals surface area contributed by atoms with Crippen LogP contribution in [0.1, 0.15) is 19.8 Å². The molecular formula is C19H22N2O2S. The summed E-state index contributed by atoms with van der Waals surface area (Å²) in [6.45, 7) is 3.10. The lowest BCUT2D eigenvalue weighted by atomic mass is 9.97. The fraction of sp³-hybridized carbons (Fsp3) is 0.368. The van der Waals surface area contributed by atoms with Crippen LogP contribution in [0.2, 0.25) is 0 Å². The molecule has 0 bridgehead atoms. The van der Waals surface area contributed by atoms with E-state index < -0.39 is 0 Å². The molecule has 0 saturated carbocycles. The fourth-order valence-corrected chi connectivity index (χ4v) is 4.16. The van der Waals surface area contributed by atoms with Gasteiger partial charge in [0.05, 0.1) is 11.2 Å². The molecule has 1 aliphatic heterocycles. The number of thioether (sulfide) groups is 1. The van der Waals surface area contributed by atoms with Crippen LogP contribution >= 0.6 is 11.8 Å². The van der Waals surface area contributed by atoms with Crippen LogP contribution in [-0.2, 0) is 9.59 Å². The summed E-state index contributed by atoms with van der Waals surface area (Å²) < 4.78 is 0. The summed E-state index contributed by atoms with van der Waals surface area (Å²) in [4.78, 5) is 26.9. The monoisotopic (exact) mass is 342 g/mol. The Morgan fingerprint density at radius 3 is 2.71 bits per heavy atom. The van der Waals surface area contributed by atoms with Gasteiger partial charge >= 0.3 is 0 Å². The molecule has 5 heteroatoms. The van der Waals surface area contributed by atoms with E-state index in [2.05, 4.69) is 30.3 Å². The molecule has 0 aliphatic carbocycles. The van der Waals surface area contributed by atoms with Gasteiger partial charge in [-0.2, -0.15) is 0 Å². The molecule has 1 saturated heterocycles. The topological polar surface area (TPSA) is 63.4 Å². The van der Waals surface area contributed by atoms with Crippen LogP contribution in [0.5, 0.6) is 0 Å². The van der Waals surface area contributed by atoms with E-state index in [1.54, 1.807) is 16.7 Å². The second-order valence-electron chi connectivity index (χ2n) is 6.29. The van der Waals surface area contributed by atoms with Crippen molar-refractivity contribution in [3.05, 3.63) is 42.5 Å². The van der Waals surface area contributed by atoms with Crippen LogP contribution < -0.4 is 5.73 Å². The number of nitrogens with two attached hydrogens (primary N) is 1. The number of carbonyl (C=O) groups is 2. The molecule has 1 aliphatic rings. The molecule has 2 unspecified atom stereocenters. The van der Waals surface area contributed by atoms with Crippen molar-refractivity contribution >= 4 is 34.3 Å². The van der Waals surface area contributed by atoms with Crippen molar-refractivity contribution in [3.63, 3.8) is 0 Å². The average Bonchev–Trinajstić information content (AvgIpc) is 2.61. The molecule has 0 aromatic heterocycles. The molecule has 2 aromatic carbocycles. The van der Waals surface area contributed by atoms with Crippen LogP contribution in [0.3, 0.4) is 0 Å². The molecule has 3 rings (SSSR count). The van der Waals surface area contributed by atoms with Gasteiger partial charge in [0.1, 0.15) is 0 Å². The van der Waals surface area contributed by atoms with Crippen molar-refractivity contribution in [3.8, 4) is 0 Å². The van der Waals surface area contributed by atoms with Gasteiger partial charge in [-0.1, -0.05) is 30.3 Å². The van der Waals surface area contributed by atoms with Crippen molar-refractivity contribution in [1.82, 2.24) is 4.90 Å². The summed E-state index contributed by atoms with van der Waals surface area (Å²) in [6.07, 6.45) is 1.62. The summed E-state index contributed by atoms with van der Waals surface area (Å²) in [7, 11) is 0. The van der Waals surface area contributed by atoms with Gasteiger partial charge in [-0.3, -0.25) is 9.59 Å². The Hall–Kier alpha value is -2.01. The van der Waals surface area contributed by atoms with Crippen LogP contribution in [0.4, 0.5) is 0 Å². The number of hydrogen-bond donors (Lipinski definition) is 1. The van der Waals surface area contributed by atoms with Gasteiger partial charge in [0.15, 0.2) is 0 Å². The Morgan fingerprint density at radius 1 is 1.21 bits per heavy atom. The first-order valence-electron chi connectivity index (χ1n) is 8.28. The first-order valence-corrected chi connectivity index (χ1v) is 9.16. The molecular weight excluding hydrogens is 320 g/mol. The Balaban J connectivity index is 1.67. The summed E-state index contributed by atoms with van der Waals surface area (Å²) in [5.74, 6) is -0.429. The highest BCUT2D eigenvalue weighted by atomic mass is 32.2. The lowest BCUT2D eigenvalue weighted by Gasteiger charge is -2.32. The van der Waals surface area contributed by atoms with Gasteiger partial charge in [-0.05, 0) is 42.7 Å². The van der Waals surface area contributed by atoms with Crippen LogP contribution in [0.15, 0.2) is 47.4 Å². The van der Waals surface area contributed by atoms with E-state index >= 15 is 0 Å². The largest absolute Gasteiger partial charge is 0.369 e. The minimum absolute atomic E-state index is 0.0825. The smallest absolute Gasteiger partial charge is 0.235 e. The van der Waals surface area contributed by atoms with Gasteiger partial charge in [0, 0.05) is 18.0 Å². The molecule has 2 amide bonds. The highest BCUT2D eigenvalue weighted by Crippen LogP contribution is 2.29. The van der Waals surface area contributed by atoms with Gasteiger partial charge in [0.25, 0.3) is 0 Å². The standard InChI is InChI=1S/C19H22N2O2S/c1-13(19(23)21-10-4-7-16(12-21)18(20)22)24-17-9-8-14-5-2-3-6-15(14)11-17/h2-3,5-6,8-9,11,13,16H,4,7,10,12H2,1H3,(H2,20,22). The Bertz CT molecular complexity index is 762. The number of benzene rings is 2. The highest BCUT2D eigenvalue weighted by molar-refractivity contribution is 8.00. The van der Waals surface area contributed by atoms with Gasteiger partial charge in [-0.25, -0.2) is 0 Å². The number of fused-ring (bicyclic) bond motifs is 1. The van der Waals surface area contributed by atoms with Gasteiger partial charge < -0.3 is 10.6 Å². The molecule has 126 valence electrons. The first-order chi connectivity index (χ1) is 11.5. The molecule has 2 atom stereocenters. The average molecular weight is 342 g/mol. The molecule has 0 spiro atoms. The van der Waals surface area contributed by atoms with Gasteiger partial charge in [-0.15, -0.1) is 11.8 Å². The second-order valence-corrected chi connectivity index (χ2v) is 7.71. The van der Waals surface area contributed by atoms with E-state index in [1.807, 2.05) is 19.1 Å². The Kier molecular flexibility index (Phi) is 5.09. The van der Waals surface area contributed by atoms with Crippen LogP contribution in [0.25, 0.3) is 10.8 Å². The maximum atomic E-state index is 12.7. The first kappa shape index (κ1) is 16.8. The number of likely N-dealkylation sites (tertiary alicyclic amines) is 1. The van der Waals surface area contributed by atoms with Crippen molar-refractivity contribution in [1.29, 1.82) is 0 Å². The van der Waals surface area contributed by atoms with Gasteiger partial charge in [0.2, 0.25) is 11.8 Å². The highest BCUT2D eigenvalue weighted by Gasteiger charge is 2.29. The molecule has 2 aromatic rings. The maximum absolute atomic E-state index is 12.7. The summed E-state index contributed by atoms with van der Waals surface area (Å²) in [5.41, 5.74) is 5.40. The molecule has 1 fully saturated rings. The quantitative estimate of drug-likeness (QED) is 0.869. The minimum Gasteiger partial charge on any atom is -0.369 e. The summed E-state index contributed by atoms with van der Waals surface area (Å²) in [5, 5.41) is 2.19. The predicted molar refractivity (Wildman–Crippen MR) is 97.8 cm³/mol. The maximum Gasteiger partial charge on any atom is 0.235 e. The Labute approximate surface area is 146 Å². The van der Waals surface area contributed by atoms with E-state index in [0.717, 1.165) is 17.7 Å². The van der Waals surface area contributed by atoms with E-state index in [1.165, 1.54) is 10.8 Å². The molecule has 0 radical (unpaired) electrons. The summed E-state index contributed by atoms with van der Waals surface area (Å²) >= 11 is 1.56. The SMILES string of the molecule is CC(Sc1ccc2ccccc2c1)C(=O)N1CCCC(C(N)=O)C1. The van der Waals surface area contributed by atoms with Crippen LogP contribution in [0, 0.1) is 5.92 Å². The normalized spacial score (nSPS) is 19.2. The zero-order valence-corrected chi connectivity index (χ0v) is 14.6. The van der Waals surface area contributed by atoms with E-state index in [0.29, 0.717) is 13.1 Å². The third-order valence-electron chi connectivity index (χ3n) is 4.52. The predicted octanol–water partition coefficient (Wildman–Crippen LogP) is 3.04. The molecule has 1 heterocycles. The second kappa shape index (κ2) is 7.26. The van der Waals surface area contributed by atoms with Crippen molar-refractivity contribution in [2.24, 2.45) is 11.7 Å². The number of piperidine rings is 1. The minimum atomic E-state index is -0.303. The van der Waals surface area contributed by atoms with E-state index in [9.17, 15) is 9.59 Å². The number of hydrogen-bond acceptors (Lipinski definition) is 3. The molecule has 24 heavy (non-hydrogen) atoms. The van der Waals surface area contributed by atoms with E-state index in [-0.39, 0.29) is 23.0 Å². The zero-order chi connectivity index (χ0) is 17.1. The molecule has 4 nitrogen and oxygen atoms in total. The van der Waals surface area contributed by atoms with Crippen molar-refractivity contribution in [2.45, 2.75) is 29.9 Å². The Morgan fingerprint density at radius 2 is 1.96 bits per heavy atom. The zero-order valence-electron chi connectivity index (χ0n) is 13.8. The van der Waals surface area contributed by atoms with E-state index in [4.69, 9.17) is 5.73 Å². The third-order valence-corrected chi connectivity index (χ3v) is 5.60. The van der Waals surface area contributed by atoms with Crippen LogP contribution in [-0.4, -0.2) is 35.1 Å². The lowest BCUT2D eigenvalue weighted by molar-refractivity contribution is -0.134.